The first kappa shape index (κ1) is 30.5. The normalized spacial score (nSPS) is 12.6. The van der Waals surface area contributed by atoms with Gasteiger partial charge in [-0.3, -0.25) is 0 Å². The number of aromatic carboxylic acids is 1. The highest BCUT2D eigenvalue weighted by atomic mass is 32.2. The van der Waals surface area contributed by atoms with E-state index in [9.17, 15) is 24.9 Å². The molecule has 2 atom stereocenters. The second kappa shape index (κ2) is 16.9. The van der Waals surface area contributed by atoms with Gasteiger partial charge in [-0.05, 0) is 42.8 Å². The van der Waals surface area contributed by atoms with Crippen LogP contribution in [-0.2, 0) is 4.79 Å². The number of carboxylic acid groups (broad SMARTS) is 2. The van der Waals surface area contributed by atoms with Gasteiger partial charge in [0.15, 0.2) is 6.10 Å². The maximum absolute atomic E-state index is 11.8. The summed E-state index contributed by atoms with van der Waals surface area (Å²) < 4.78 is 11.4. The fourth-order valence-electron chi connectivity index (χ4n) is 4.06. The van der Waals surface area contributed by atoms with E-state index in [0.29, 0.717) is 28.6 Å². The van der Waals surface area contributed by atoms with Crippen molar-refractivity contribution in [3.8, 4) is 11.5 Å². The molecule has 37 heavy (non-hydrogen) atoms. The zero-order valence-electron chi connectivity index (χ0n) is 21.9. The zero-order valence-corrected chi connectivity index (χ0v) is 22.7. The molecule has 0 bridgehead atoms. The zero-order chi connectivity index (χ0) is 27.0. The lowest BCUT2D eigenvalue weighted by Gasteiger charge is -2.23. The van der Waals surface area contributed by atoms with E-state index in [1.165, 1.54) is 64.2 Å². The van der Waals surface area contributed by atoms with Gasteiger partial charge in [-0.25, -0.2) is 9.59 Å². The highest BCUT2D eigenvalue weighted by molar-refractivity contribution is 7.99. The third-order valence-electron chi connectivity index (χ3n) is 6.16. The number of carbonyl (C=O) groups is 2. The summed E-state index contributed by atoms with van der Waals surface area (Å²) in [4.78, 5) is 23.7. The number of aliphatic hydroxyl groups is 1. The average Bonchev–Trinajstić information content (AvgIpc) is 2.90. The van der Waals surface area contributed by atoms with Crippen LogP contribution in [0.5, 0.6) is 11.5 Å². The number of benzene rings is 2. The average molecular weight is 533 g/mol. The van der Waals surface area contributed by atoms with Crippen LogP contribution in [0.1, 0.15) is 92.3 Å². The van der Waals surface area contributed by atoms with Crippen LogP contribution < -0.4 is 9.47 Å². The Kier molecular flexibility index (Phi) is 14.0. The number of aliphatic hydroxyl groups excluding tert-OH is 1. The van der Waals surface area contributed by atoms with Gasteiger partial charge >= 0.3 is 11.9 Å². The first-order chi connectivity index (χ1) is 17.9. The van der Waals surface area contributed by atoms with Gasteiger partial charge in [0.25, 0.3) is 0 Å². The van der Waals surface area contributed by atoms with E-state index >= 15 is 0 Å². The van der Waals surface area contributed by atoms with E-state index in [0.717, 1.165) is 31.0 Å². The Morgan fingerprint density at radius 3 is 2.14 bits per heavy atom. The Morgan fingerprint density at radius 1 is 0.892 bits per heavy atom. The summed E-state index contributed by atoms with van der Waals surface area (Å²) in [6.07, 6.45) is 10.4. The molecular weight excluding hydrogens is 492 g/mol. The van der Waals surface area contributed by atoms with Crippen LogP contribution in [0.4, 0.5) is 0 Å². The number of ether oxygens (including phenoxy) is 2. The molecule has 0 aliphatic carbocycles. The largest absolute Gasteiger partial charge is 0.497 e. The summed E-state index contributed by atoms with van der Waals surface area (Å²) in [6.45, 7) is 2.70. The second-order valence-corrected chi connectivity index (χ2v) is 10.3. The molecule has 2 rings (SSSR count). The van der Waals surface area contributed by atoms with Crippen molar-refractivity contribution in [2.24, 2.45) is 0 Å². The van der Waals surface area contributed by atoms with Gasteiger partial charge < -0.3 is 24.8 Å². The number of rotatable bonds is 19. The van der Waals surface area contributed by atoms with Crippen molar-refractivity contribution < 1.29 is 34.4 Å². The Morgan fingerprint density at radius 2 is 1.54 bits per heavy atom. The Hall–Kier alpha value is -2.71. The minimum atomic E-state index is -1.75. The van der Waals surface area contributed by atoms with E-state index in [1.54, 1.807) is 30.3 Å². The molecular formula is C29H40O7S. The molecule has 0 radical (unpaired) electrons. The maximum Gasteiger partial charge on any atom is 0.335 e. The van der Waals surface area contributed by atoms with Gasteiger partial charge in [0.2, 0.25) is 0 Å². The van der Waals surface area contributed by atoms with Crippen molar-refractivity contribution in [2.75, 3.05) is 13.7 Å². The minimum absolute atomic E-state index is 0.0802. The molecule has 8 heteroatoms. The van der Waals surface area contributed by atoms with Crippen molar-refractivity contribution in [3.63, 3.8) is 0 Å². The lowest BCUT2D eigenvalue weighted by molar-refractivity contribution is -0.146. The molecule has 0 saturated heterocycles. The monoisotopic (exact) mass is 532 g/mol. The number of methoxy groups -OCH3 is 1. The van der Waals surface area contributed by atoms with Crippen molar-refractivity contribution in [1.29, 1.82) is 0 Å². The molecule has 0 aliphatic rings. The predicted molar refractivity (Wildman–Crippen MR) is 146 cm³/mol. The van der Waals surface area contributed by atoms with E-state index in [-0.39, 0.29) is 5.56 Å². The van der Waals surface area contributed by atoms with Crippen molar-refractivity contribution in [2.45, 2.75) is 87.4 Å². The van der Waals surface area contributed by atoms with Crippen LogP contribution >= 0.6 is 11.8 Å². The molecule has 3 N–H and O–H groups in total. The van der Waals surface area contributed by atoms with Crippen molar-refractivity contribution in [3.05, 3.63) is 53.6 Å². The topological polar surface area (TPSA) is 113 Å². The standard InChI is InChI=1S/C29H40O7S/c1-3-4-5-6-7-8-9-10-11-12-18-36-25-17-16-22(35-2)20-24(25)27(26(30)29(33)34)37-23-15-13-14-21(19-23)28(31)32/h13-17,19-20,26-27,30H,3-12,18H2,1-2H3,(H,31,32)(H,33,34). The first-order valence-corrected chi connectivity index (χ1v) is 14.0. The molecule has 0 spiro atoms. The van der Waals surface area contributed by atoms with Crippen LogP contribution in [0.15, 0.2) is 47.4 Å². The van der Waals surface area contributed by atoms with Gasteiger partial charge in [0.05, 0.1) is 24.5 Å². The van der Waals surface area contributed by atoms with Crippen LogP contribution in [0.2, 0.25) is 0 Å². The molecule has 0 amide bonds. The summed E-state index contributed by atoms with van der Waals surface area (Å²) in [5.74, 6) is -1.48. The molecule has 0 heterocycles. The Bertz CT molecular complexity index is 978. The van der Waals surface area contributed by atoms with Crippen molar-refractivity contribution in [1.82, 2.24) is 0 Å². The number of carboxylic acids is 2. The van der Waals surface area contributed by atoms with Crippen LogP contribution in [0.3, 0.4) is 0 Å². The lowest BCUT2D eigenvalue weighted by atomic mass is 10.1. The summed E-state index contributed by atoms with van der Waals surface area (Å²) in [5, 5.41) is 28.6. The smallest absolute Gasteiger partial charge is 0.335 e. The van der Waals surface area contributed by atoms with Gasteiger partial charge in [-0.15, -0.1) is 11.8 Å². The molecule has 7 nitrogen and oxygen atoms in total. The summed E-state index contributed by atoms with van der Waals surface area (Å²) in [6, 6.07) is 11.3. The SMILES string of the molecule is CCCCCCCCCCCCOc1ccc(OC)cc1C(Sc1cccc(C(=O)O)c1)C(O)C(=O)O. The fourth-order valence-corrected chi connectivity index (χ4v) is 5.26. The summed E-state index contributed by atoms with van der Waals surface area (Å²) in [5.41, 5.74) is 0.559. The van der Waals surface area contributed by atoms with E-state index < -0.39 is 23.3 Å². The second-order valence-electron chi connectivity index (χ2n) is 9.09. The van der Waals surface area contributed by atoms with E-state index in [1.807, 2.05) is 0 Å². The van der Waals surface area contributed by atoms with Crippen LogP contribution in [-0.4, -0.2) is 47.1 Å². The van der Waals surface area contributed by atoms with E-state index in [4.69, 9.17) is 9.47 Å². The van der Waals surface area contributed by atoms with Gasteiger partial charge in [-0.1, -0.05) is 70.8 Å². The molecule has 2 aromatic rings. The molecule has 0 saturated carbocycles. The summed E-state index contributed by atoms with van der Waals surface area (Å²) >= 11 is 1.07. The lowest BCUT2D eigenvalue weighted by Crippen LogP contribution is -2.26. The Labute approximate surface area is 224 Å². The quantitative estimate of drug-likeness (QED) is 0.131. The van der Waals surface area contributed by atoms with Gasteiger partial charge in [-0.2, -0.15) is 0 Å². The fraction of sp³-hybridized carbons (Fsp3) is 0.517. The van der Waals surface area contributed by atoms with E-state index in [2.05, 4.69) is 6.92 Å². The third-order valence-corrected chi connectivity index (χ3v) is 7.45. The highest BCUT2D eigenvalue weighted by Gasteiger charge is 2.31. The number of unbranched alkanes of at least 4 members (excludes halogenated alkanes) is 9. The molecule has 2 aromatic carbocycles. The number of thioether (sulfide) groups is 1. The Balaban J connectivity index is 2.06. The number of hydrogen-bond donors (Lipinski definition) is 3. The van der Waals surface area contributed by atoms with Crippen molar-refractivity contribution >= 4 is 23.7 Å². The minimum Gasteiger partial charge on any atom is -0.497 e. The van der Waals surface area contributed by atoms with Crippen LogP contribution in [0.25, 0.3) is 0 Å². The highest BCUT2D eigenvalue weighted by Crippen LogP contribution is 2.43. The first-order valence-electron chi connectivity index (χ1n) is 13.1. The molecule has 2 unspecified atom stereocenters. The molecule has 204 valence electrons. The summed E-state index contributed by atoms with van der Waals surface area (Å²) in [7, 11) is 1.51. The molecule has 0 aromatic heterocycles. The number of hydrogen-bond acceptors (Lipinski definition) is 6. The van der Waals surface area contributed by atoms with Gasteiger partial charge in [0, 0.05) is 10.5 Å². The third kappa shape index (κ3) is 10.7. The molecule has 0 aliphatic heterocycles. The number of aliphatic carboxylic acids is 1. The predicted octanol–water partition coefficient (Wildman–Crippen LogP) is 6.97. The van der Waals surface area contributed by atoms with Crippen LogP contribution in [0, 0.1) is 0 Å². The maximum atomic E-state index is 11.8. The molecule has 0 fully saturated rings. The van der Waals surface area contributed by atoms with Gasteiger partial charge in [0.1, 0.15) is 11.5 Å².